The number of nitrogens with zero attached hydrogens (tertiary/aromatic N) is 2. The molecule has 0 aliphatic carbocycles. The van der Waals surface area contributed by atoms with Crippen LogP contribution in [0.4, 0.5) is 0 Å². The number of carbonyl (C=O) groups is 1. The van der Waals surface area contributed by atoms with Crippen molar-refractivity contribution in [3.05, 3.63) is 0 Å². The van der Waals surface area contributed by atoms with E-state index in [4.69, 9.17) is 5.11 Å². The Labute approximate surface area is 85.5 Å². The molecule has 1 rings (SSSR count). The minimum Gasteiger partial charge on any atom is -0.395 e. The van der Waals surface area contributed by atoms with Gasteiger partial charge in [-0.2, -0.15) is 0 Å². The van der Waals surface area contributed by atoms with E-state index in [1.807, 2.05) is 14.0 Å². The normalized spacial score (nSPS) is 22.6. The van der Waals surface area contributed by atoms with Crippen molar-refractivity contribution in [1.29, 1.82) is 0 Å². The highest BCUT2D eigenvalue weighted by Gasteiger charge is 2.25. The van der Waals surface area contributed by atoms with Crippen LogP contribution in [-0.2, 0) is 4.79 Å². The number of likely N-dealkylation sites (N-methyl/N-ethyl adjacent to an activating group) is 1. The molecule has 1 heterocycles. The Morgan fingerprint density at radius 1 is 1.64 bits per heavy atom. The highest BCUT2D eigenvalue weighted by molar-refractivity contribution is 5.78. The highest BCUT2D eigenvalue weighted by atomic mass is 16.3. The Hall–Kier alpha value is -0.610. The molecule has 1 amide bonds. The largest absolute Gasteiger partial charge is 0.395 e. The van der Waals surface area contributed by atoms with Gasteiger partial charge in [-0.15, -0.1) is 0 Å². The molecule has 0 bridgehead atoms. The van der Waals surface area contributed by atoms with Crippen LogP contribution in [0.15, 0.2) is 0 Å². The van der Waals surface area contributed by atoms with Gasteiger partial charge in [-0.25, -0.2) is 0 Å². The molecule has 1 atom stereocenters. The first kappa shape index (κ1) is 11.5. The van der Waals surface area contributed by atoms with Gasteiger partial charge >= 0.3 is 0 Å². The van der Waals surface area contributed by atoms with Crippen LogP contribution in [0.3, 0.4) is 0 Å². The minimum absolute atomic E-state index is 0.146. The van der Waals surface area contributed by atoms with Crippen molar-refractivity contribution in [2.75, 3.05) is 33.3 Å². The van der Waals surface area contributed by atoms with Crippen molar-refractivity contribution in [2.45, 2.75) is 25.8 Å². The molecule has 0 spiro atoms. The Balaban J connectivity index is 2.39. The van der Waals surface area contributed by atoms with Gasteiger partial charge in [0.15, 0.2) is 0 Å². The molecule has 1 unspecified atom stereocenters. The summed E-state index contributed by atoms with van der Waals surface area (Å²) in [4.78, 5) is 15.4. The third-order valence-corrected chi connectivity index (χ3v) is 2.95. The molecule has 1 fully saturated rings. The zero-order valence-corrected chi connectivity index (χ0v) is 9.07. The quantitative estimate of drug-likeness (QED) is 0.690. The first-order valence-corrected chi connectivity index (χ1v) is 5.28. The monoisotopic (exact) mass is 200 g/mol. The van der Waals surface area contributed by atoms with Gasteiger partial charge in [-0.05, 0) is 26.3 Å². The first-order chi connectivity index (χ1) is 6.69. The number of rotatable bonds is 4. The van der Waals surface area contributed by atoms with Crippen molar-refractivity contribution in [3.63, 3.8) is 0 Å². The van der Waals surface area contributed by atoms with Crippen LogP contribution < -0.4 is 0 Å². The highest BCUT2D eigenvalue weighted by Crippen LogP contribution is 2.16. The van der Waals surface area contributed by atoms with Gasteiger partial charge in [-0.1, -0.05) is 0 Å². The third kappa shape index (κ3) is 2.69. The van der Waals surface area contributed by atoms with E-state index in [9.17, 15) is 4.79 Å². The first-order valence-electron chi connectivity index (χ1n) is 5.28. The lowest BCUT2D eigenvalue weighted by Gasteiger charge is -2.24. The maximum absolute atomic E-state index is 11.6. The van der Waals surface area contributed by atoms with E-state index in [1.165, 1.54) is 0 Å². The molecule has 0 aromatic heterocycles. The fourth-order valence-electron chi connectivity index (χ4n) is 1.78. The maximum atomic E-state index is 11.6. The van der Waals surface area contributed by atoms with Crippen molar-refractivity contribution < 1.29 is 9.90 Å². The number of carbonyl (C=O) groups excluding carboxylic acids is 1. The average Bonchev–Trinajstić information content (AvgIpc) is 2.63. The van der Waals surface area contributed by atoms with Crippen LogP contribution in [0.5, 0.6) is 0 Å². The van der Waals surface area contributed by atoms with Gasteiger partial charge in [0.1, 0.15) is 0 Å². The summed E-state index contributed by atoms with van der Waals surface area (Å²) in [6.07, 6.45) is 2.11. The minimum atomic E-state index is 0.146. The number of hydrogen-bond donors (Lipinski definition) is 1. The maximum Gasteiger partial charge on any atom is 0.236 e. The lowest BCUT2D eigenvalue weighted by Crippen LogP contribution is -2.41. The number of aliphatic hydroxyl groups is 1. The molecule has 0 aromatic rings. The molecule has 4 nitrogen and oxygen atoms in total. The van der Waals surface area contributed by atoms with Crippen LogP contribution in [0.2, 0.25) is 0 Å². The summed E-state index contributed by atoms with van der Waals surface area (Å²) in [5, 5.41) is 9.08. The summed E-state index contributed by atoms with van der Waals surface area (Å²) in [5.74, 6) is 0.146. The van der Waals surface area contributed by atoms with E-state index in [1.54, 1.807) is 4.90 Å². The number of aliphatic hydroxyl groups excluding tert-OH is 1. The zero-order chi connectivity index (χ0) is 10.6. The second-order valence-corrected chi connectivity index (χ2v) is 3.86. The second-order valence-electron chi connectivity index (χ2n) is 3.86. The predicted octanol–water partition coefficient (Wildman–Crippen LogP) is -0.0786. The molecule has 82 valence electrons. The molecule has 0 aromatic carbocycles. The van der Waals surface area contributed by atoms with Crippen LogP contribution in [-0.4, -0.2) is 60.1 Å². The van der Waals surface area contributed by atoms with Crippen molar-refractivity contribution >= 4 is 5.91 Å². The third-order valence-electron chi connectivity index (χ3n) is 2.95. The summed E-state index contributed by atoms with van der Waals surface area (Å²) >= 11 is 0. The van der Waals surface area contributed by atoms with E-state index in [2.05, 4.69) is 4.90 Å². The molecule has 4 heteroatoms. The number of likely N-dealkylation sites (tertiary alicyclic amines) is 1. The molecule has 0 radical (unpaired) electrons. The van der Waals surface area contributed by atoms with Gasteiger partial charge in [0.2, 0.25) is 5.91 Å². The Kier molecular flexibility index (Phi) is 4.35. The second kappa shape index (κ2) is 5.32. The molecule has 14 heavy (non-hydrogen) atoms. The van der Waals surface area contributed by atoms with E-state index in [0.717, 1.165) is 25.9 Å². The van der Waals surface area contributed by atoms with Gasteiger partial charge in [-0.3, -0.25) is 9.69 Å². The van der Waals surface area contributed by atoms with Crippen molar-refractivity contribution in [2.24, 2.45) is 0 Å². The lowest BCUT2D eigenvalue weighted by atomic mass is 10.2. The molecular weight excluding hydrogens is 180 g/mol. The van der Waals surface area contributed by atoms with Gasteiger partial charge in [0.25, 0.3) is 0 Å². The lowest BCUT2D eigenvalue weighted by molar-refractivity contribution is -0.131. The molecule has 0 saturated carbocycles. The smallest absolute Gasteiger partial charge is 0.236 e. The van der Waals surface area contributed by atoms with Crippen LogP contribution in [0.25, 0.3) is 0 Å². The average molecular weight is 200 g/mol. The summed E-state index contributed by atoms with van der Waals surface area (Å²) in [6, 6.07) is 0.198. The Morgan fingerprint density at radius 2 is 2.36 bits per heavy atom. The number of amides is 1. The van der Waals surface area contributed by atoms with Gasteiger partial charge < -0.3 is 10.0 Å². The van der Waals surface area contributed by atoms with Crippen molar-refractivity contribution in [1.82, 2.24) is 9.80 Å². The van der Waals surface area contributed by atoms with Crippen molar-refractivity contribution in [3.8, 4) is 0 Å². The van der Waals surface area contributed by atoms with Gasteiger partial charge in [0, 0.05) is 19.6 Å². The van der Waals surface area contributed by atoms with E-state index in [-0.39, 0.29) is 18.6 Å². The zero-order valence-electron chi connectivity index (χ0n) is 9.07. The fourth-order valence-corrected chi connectivity index (χ4v) is 1.78. The van der Waals surface area contributed by atoms with Gasteiger partial charge in [0.05, 0.1) is 13.2 Å². The standard InChI is InChI=1S/C10H20N2O2/c1-3-11(2)10(14)7-12-6-4-5-9(12)8-13/h9,13H,3-8H2,1-2H3. The van der Waals surface area contributed by atoms with Crippen LogP contribution in [0.1, 0.15) is 19.8 Å². The topological polar surface area (TPSA) is 43.8 Å². The summed E-state index contributed by atoms with van der Waals surface area (Å²) in [7, 11) is 1.81. The predicted molar refractivity (Wildman–Crippen MR) is 55.0 cm³/mol. The number of hydrogen-bond acceptors (Lipinski definition) is 3. The summed E-state index contributed by atoms with van der Waals surface area (Å²) in [5.41, 5.74) is 0. The van der Waals surface area contributed by atoms with E-state index in [0.29, 0.717) is 6.54 Å². The molecule has 1 aliphatic rings. The van der Waals surface area contributed by atoms with Crippen LogP contribution >= 0.6 is 0 Å². The Morgan fingerprint density at radius 3 is 2.93 bits per heavy atom. The summed E-state index contributed by atoms with van der Waals surface area (Å²) < 4.78 is 0. The van der Waals surface area contributed by atoms with E-state index < -0.39 is 0 Å². The van der Waals surface area contributed by atoms with Crippen LogP contribution in [0, 0.1) is 0 Å². The molecule has 1 saturated heterocycles. The van der Waals surface area contributed by atoms with E-state index >= 15 is 0 Å². The molecule has 1 aliphatic heterocycles. The summed E-state index contributed by atoms with van der Waals surface area (Å²) in [6.45, 7) is 4.27. The fraction of sp³-hybridized carbons (Fsp3) is 0.900. The Bertz CT molecular complexity index is 197. The molecular formula is C10H20N2O2. The SMILES string of the molecule is CCN(C)C(=O)CN1CCCC1CO. The molecule has 1 N–H and O–H groups in total.